The van der Waals surface area contributed by atoms with Crippen LogP contribution < -0.4 is 10.9 Å². The quantitative estimate of drug-likeness (QED) is 0.497. The molecule has 0 saturated carbocycles. The van der Waals surface area contributed by atoms with Crippen molar-refractivity contribution in [3.63, 3.8) is 0 Å². The highest BCUT2D eigenvalue weighted by atomic mass is 32.1. The predicted octanol–water partition coefficient (Wildman–Crippen LogP) is 2.90. The van der Waals surface area contributed by atoms with Crippen molar-refractivity contribution < 1.29 is 23.6 Å². The Hall–Kier alpha value is -2.87. The molecule has 8 heteroatoms. The molecular formula is C20H21FN2O4S. The van der Waals surface area contributed by atoms with E-state index < -0.39 is 17.6 Å². The molecule has 0 atom stereocenters. The number of ketones is 2. The number of carbonyl (C=O) groups is 4. The van der Waals surface area contributed by atoms with Gasteiger partial charge in [0.1, 0.15) is 11.6 Å². The fraction of sp³-hybridized carbons (Fsp3) is 0.300. The minimum Gasteiger partial charge on any atom is -0.300 e. The molecule has 0 bridgehead atoms. The summed E-state index contributed by atoms with van der Waals surface area (Å²) in [5, 5.41) is 0. The Balaban J connectivity index is 1.62. The van der Waals surface area contributed by atoms with E-state index in [0.29, 0.717) is 10.4 Å². The van der Waals surface area contributed by atoms with Crippen molar-refractivity contribution in [3.8, 4) is 0 Å². The van der Waals surface area contributed by atoms with E-state index >= 15 is 0 Å². The second-order valence-corrected chi connectivity index (χ2v) is 7.56. The molecule has 1 aromatic carbocycles. The van der Waals surface area contributed by atoms with Gasteiger partial charge in [-0.25, -0.2) is 4.39 Å². The lowest BCUT2D eigenvalue weighted by atomic mass is 10.1. The SMILES string of the molecule is Cc1ccc(C(=O)CCC(=O)CCC(=O)NNC(=O)Cc2ccc(F)cc2)s1. The number of nitrogens with one attached hydrogen (secondary N) is 2. The monoisotopic (exact) mass is 404 g/mol. The number of aryl methyl sites for hydroxylation is 1. The van der Waals surface area contributed by atoms with Gasteiger partial charge >= 0.3 is 0 Å². The van der Waals surface area contributed by atoms with Gasteiger partial charge in [-0.1, -0.05) is 12.1 Å². The lowest BCUT2D eigenvalue weighted by Crippen LogP contribution is -2.42. The topological polar surface area (TPSA) is 92.3 Å². The van der Waals surface area contributed by atoms with Crippen LogP contribution in [-0.2, 0) is 20.8 Å². The molecule has 0 aliphatic rings. The number of thiophene rings is 1. The molecule has 148 valence electrons. The van der Waals surface area contributed by atoms with E-state index in [9.17, 15) is 23.6 Å². The number of hydrazine groups is 1. The molecular weight excluding hydrogens is 383 g/mol. The van der Waals surface area contributed by atoms with Gasteiger partial charge in [0.25, 0.3) is 0 Å². The molecule has 28 heavy (non-hydrogen) atoms. The second kappa shape index (κ2) is 10.5. The van der Waals surface area contributed by atoms with Gasteiger partial charge in [0.15, 0.2) is 5.78 Å². The van der Waals surface area contributed by atoms with Crippen LogP contribution in [-0.4, -0.2) is 23.4 Å². The number of halogens is 1. The third kappa shape index (κ3) is 7.40. The number of amides is 2. The average molecular weight is 404 g/mol. The third-order valence-corrected chi connectivity index (χ3v) is 4.94. The highest BCUT2D eigenvalue weighted by Gasteiger charge is 2.13. The van der Waals surface area contributed by atoms with Gasteiger partial charge < -0.3 is 0 Å². The minimum atomic E-state index is -0.499. The van der Waals surface area contributed by atoms with Crippen LogP contribution in [0.2, 0.25) is 0 Å². The van der Waals surface area contributed by atoms with E-state index in [-0.39, 0.29) is 43.7 Å². The van der Waals surface area contributed by atoms with Crippen LogP contribution in [0.5, 0.6) is 0 Å². The Bertz CT molecular complexity index is 861. The standard InChI is InChI=1S/C20H21FN2O4S/c1-13-2-10-18(28-13)17(25)9-7-16(24)8-11-19(26)22-23-20(27)12-14-3-5-15(21)6-4-14/h2-6,10H,7-9,11-12H2,1H3,(H,22,26)(H,23,27). The zero-order chi connectivity index (χ0) is 20.5. The van der Waals surface area contributed by atoms with Gasteiger partial charge in [-0.15, -0.1) is 11.3 Å². The molecule has 0 aliphatic carbocycles. The second-order valence-electron chi connectivity index (χ2n) is 6.27. The molecule has 2 amide bonds. The first-order valence-electron chi connectivity index (χ1n) is 8.77. The summed E-state index contributed by atoms with van der Waals surface area (Å²) in [6.45, 7) is 1.91. The largest absolute Gasteiger partial charge is 0.300 e. The molecule has 2 aromatic rings. The van der Waals surface area contributed by atoms with E-state index in [1.165, 1.54) is 35.6 Å². The number of carbonyl (C=O) groups excluding carboxylic acids is 4. The van der Waals surface area contributed by atoms with Crippen molar-refractivity contribution in [2.45, 2.75) is 39.0 Å². The summed E-state index contributed by atoms with van der Waals surface area (Å²) in [6, 6.07) is 9.06. The van der Waals surface area contributed by atoms with E-state index in [0.717, 1.165) is 4.88 Å². The number of hydrogen-bond donors (Lipinski definition) is 2. The van der Waals surface area contributed by atoms with Crippen molar-refractivity contribution in [2.24, 2.45) is 0 Å². The van der Waals surface area contributed by atoms with Gasteiger partial charge in [-0.3, -0.25) is 30.0 Å². The average Bonchev–Trinajstić information content (AvgIpc) is 3.11. The molecule has 2 N–H and O–H groups in total. The molecule has 6 nitrogen and oxygen atoms in total. The van der Waals surface area contributed by atoms with Crippen LogP contribution in [0.15, 0.2) is 36.4 Å². The first-order valence-corrected chi connectivity index (χ1v) is 9.58. The van der Waals surface area contributed by atoms with Crippen molar-refractivity contribution in [1.82, 2.24) is 10.9 Å². The summed E-state index contributed by atoms with van der Waals surface area (Å²) in [7, 11) is 0. The number of benzene rings is 1. The maximum Gasteiger partial charge on any atom is 0.242 e. The molecule has 0 saturated heterocycles. The lowest BCUT2D eigenvalue weighted by molar-refractivity contribution is -0.129. The number of hydrogen-bond acceptors (Lipinski definition) is 5. The maximum absolute atomic E-state index is 12.8. The maximum atomic E-state index is 12.8. The molecule has 0 radical (unpaired) electrons. The molecule has 1 aromatic heterocycles. The van der Waals surface area contributed by atoms with E-state index in [1.807, 2.05) is 13.0 Å². The summed E-state index contributed by atoms with van der Waals surface area (Å²) in [5.74, 6) is -1.61. The van der Waals surface area contributed by atoms with Crippen molar-refractivity contribution >= 4 is 34.7 Å². The molecule has 0 fully saturated rings. The lowest BCUT2D eigenvalue weighted by Gasteiger charge is -2.07. The minimum absolute atomic E-state index is 0.00356. The third-order valence-electron chi connectivity index (χ3n) is 3.90. The van der Waals surface area contributed by atoms with Crippen molar-refractivity contribution in [1.29, 1.82) is 0 Å². The highest BCUT2D eigenvalue weighted by Crippen LogP contribution is 2.17. The van der Waals surface area contributed by atoms with Gasteiger partial charge in [0.2, 0.25) is 11.8 Å². The Morgan fingerprint density at radius 2 is 1.50 bits per heavy atom. The smallest absolute Gasteiger partial charge is 0.242 e. The number of Topliss-reactive ketones (excluding diaryl/α,β-unsaturated/α-hetero) is 2. The van der Waals surface area contributed by atoms with Crippen molar-refractivity contribution in [3.05, 3.63) is 57.5 Å². The Morgan fingerprint density at radius 1 is 0.857 bits per heavy atom. The summed E-state index contributed by atoms with van der Waals surface area (Å²) in [6.07, 6.45) is 0.108. The normalized spacial score (nSPS) is 10.4. The Kier molecular flexibility index (Phi) is 8.01. The molecule has 0 aliphatic heterocycles. The first kappa shape index (κ1) is 21.4. The van der Waals surface area contributed by atoms with Crippen molar-refractivity contribution in [2.75, 3.05) is 0 Å². The van der Waals surface area contributed by atoms with Crippen LogP contribution in [0.4, 0.5) is 4.39 Å². The summed E-state index contributed by atoms with van der Waals surface area (Å²) in [4.78, 5) is 48.9. The fourth-order valence-electron chi connectivity index (χ4n) is 2.37. The highest BCUT2D eigenvalue weighted by molar-refractivity contribution is 7.14. The summed E-state index contributed by atoms with van der Waals surface area (Å²) < 4.78 is 12.8. The molecule has 0 spiro atoms. The Morgan fingerprint density at radius 3 is 2.14 bits per heavy atom. The Labute approximate surface area is 166 Å². The molecule has 1 heterocycles. The first-order chi connectivity index (χ1) is 13.3. The van der Waals surface area contributed by atoms with E-state index in [4.69, 9.17) is 0 Å². The van der Waals surface area contributed by atoms with E-state index in [1.54, 1.807) is 6.07 Å². The van der Waals surface area contributed by atoms with E-state index in [2.05, 4.69) is 10.9 Å². The molecule has 0 unspecified atom stereocenters. The van der Waals surface area contributed by atoms with Crippen LogP contribution in [0, 0.1) is 12.7 Å². The summed E-state index contributed by atoms with van der Waals surface area (Å²) in [5.41, 5.74) is 5.09. The zero-order valence-electron chi connectivity index (χ0n) is 15.4. The van der Waals surface area contributed by atoms with Crippen LogP contribution in [0.3, 0.4) is 0 Å². The van der Waals surface area contributed by atoms with Gasteiger partial charge in [-0.05, 0) is 36.8 Å². The fourth-order valence-corrected chi connectivity index (χ4v) is 3.21. The summed E-state index contributed by atoms with van der Waals surface area (Å²) >= 11 is 1.39. The van der Waals surface area contributed by atoms with Gasteiger partial charge in [0, 0.05) is 30.6 Å². The van der Waals surface area contributed by atoms with Gasteiger partial charge in [-0.2, -0.15) is 0 Å². The zero-order valence-corrected chi connectivity index (χ0v) is 16.2. The van der Waals surface area contributed by atoms with Crippen LogP contribution >= 0.6 is 11.3 Å². The molecule has 2 rings (SSSR count). The predicted molar refractivity (Wildman–Crippen MR) is 103 cm³/mol. The number of rotatable bonds is 9. The van der Waals surface area contributed by atoms with Crippen LogP contribution in [0.1, 0.15) is 45.8 Å². The van der Waals surface area contributed by atoms with Crippen LogP contribution in [0.25, 0.3) is 0 Å². The van der Waals surface area contributed by atoms with Gasteiger partial charge in [0.05, 0.1) is 11.3 Å².